The Morgan fingerprint density at radius 3 is 2.82 bits per heavy atom. The van der Waals surface area contributed by atoms with Crippen molar-refractivity contribution in [3.8, 4) is 0 Å². The molecule has 1 aromatic heterocycles. The van der Waals surface area contributed by atoms with E-state index in [1.807, 2.05) is 24.4 Å². The molecular formula is C13H12Cl2N2. The molecule has 88 valence electrons. The summed E-state index contributed by atoms with van der Waals surface area (Å²) in [7, 11) is 0. The van der Waals surface area contributed by atoms with Gasteiger partial charge in [0.1, 0.15) is 0 Å². The van der Waals surface area contributed by atoms with Crippen molar-refractivity contribution in [3.63, 3.8) is 0 Å². The first-order chi connectivity index (χ1) is 8.25. The summed E-state index contributed by atoms with van der Waals surface area (Å²) in [4.78, 5) is 4.07. The fraction of sp³-hybridized carbons (Fsp3) is 0.154. The molecule has 2 nitrogen and oxygen atoms in total. The highest BCUT2D eigenvalue weighted by Crippen LogP contribution is 2.25. The largest absolute Gasteiger partial charge is 0.383 e. The minimum absolute atomic E-state index is 0.679. The van der Waals surface area contributed by atoms with Crippen LogP contribution in [0.4, 0.5) is 5.69 Å². The van der Waals surface area contributed by atoms with Gasteiger partial charge in [0.15, 0.2) is 0 Å². The van der Waals surface area contributed by atoms with Gasteiger partial charge in [0, 0.05) is 24.0 Å². The molecule has 0 aliphatic heterocycles. The Labute approximate surface area is 111 Å². The SMILES string of the molecule is Clc1ccc(Cl)c(NCCc2cccnc2)c1. The summed E-state index contributed by atoms with van der Waals surface area (Å²) in [5.41, 5.74) is 2.06. The highest BCUT2D eigenvalue weighted by Gasteiger charge is 2.00. The molecule has 2 aromatic rings. The minimum atomic E-state index is 0.679. The summed E-state index contributed by atoms with van der Waals surface area (Å²) in [6.45, 7) is 0.797. The van der Waals surface area contributed by atoms with Gasteiger partial charge >= 0.3 is 0 Å². The van der Waals surface area contributed by atoms with Gasteiger partial charge in [0.05, 0.1) is 10.7 Å². The summed E-state index contributed by atoms with van der Waals surface area (Å²) in [6.07, 6.45) is 4.53. The van der Waals surface area contributed by atoms with Crippen LogP contribution in [0, 0.1) is 0 Å². The van der Waals surface area contributed by atoms with Gasteiger partial charge in [-0.05, 0) is 36.2 Å². The lowest BCUT2D eigenvalue weighted by atomic mass is 10.2. The van der Waals surface area contributed by atoms with E-state index in [-0.39, 0.29) is 0 Å². The molecule has 4 heteroatoms. The van der Waals surface area contributed by atoms with Crippen LogP contribution < -0.4 is 5.32 Å². The first kappa shape index (κ1) is 12.2. The van der Waals surface area contributed by atoms with Crippen LogP contribution in [-0.4, -0.2) is 11.5 Å². The number of hydrogen-bond acceptors (Lipinski definition) is 2. The number of nitrogens with zero attached hydrogens (tertiary/aromatic N) is 1. The van der Waals surface area contributed by atoms with Crippen molar-refractivity contribution in [2.24, 2.45) is 0 Å². The number of anilines is 1. The first-order valence-electron chi connectivity index (χ1n) is 5.33. The van der Waals surface area contributed by atoms with Crippen LogP contribution in [0.15, 0.2) is 42.7 Å². The predicted molar refractivity (Wildman–Crippen MR) is 72.9 cm³/mol. The fourth-order valence-electron chi connectivity index (χ4n) is 1.52. The summed E-state index contributed by atoms with van der Waals surface area (Å²) < 4.78 is 0. The number of rotatable bonds is 4. The molecule has 0 atom stereocenters. The molecule has 0 aliphatic rings. The van der Waals surface area contributed by atoms with E-state index in [0.717, 1.165) is 18.7 Å². The van der Waals surface area contributed by atoms with Gasteiger partial charge in [0.25, 0.3) is 0 Å². The summed E-state index contributed by atoms with van der Waals surface area (Å²) in [5.74, 6) is 0. The highest BCUT2D eigenvalue weighted by molar-refractivity contribution is 6.35. The van der Waals surface area contributed by atoms with Crippen LogP contribution in [0.3, 0.4) is 0 Å². The van der Waals surface area contributed by atoms with E-state index in [1.54, 1.807) is 18.3 Å². The van der Waals surface area contributed by atoms with Crippen LogP contribution >= 0.6 is 23.2 Å². The van der Waals surface area contributed by atoms with Crippen molar-refractivity contribution < 1.29 is 0 Å². The van der Waals surface area contributed by atoms with Crippen LogP contribution in [0.2, 0.25) is 10.0 Å². The Morgan fingerprint density at radius 2 is 2.06 bits per heavy atom. The molecule has 0 unspecified atom stereocenters. The Bertz CT molecular complexity index is 486. The molecule has 0 bridgehead atoms. The molecule has 1 heterocycles. The van der Waals surface area contributed by atoms with Gasteiger partial charge in [0.2, 0.25) is 0 Å². The van der Waals surface area contributed by atoms with Crippen molar-refractivity contribution in [1.82, 2.24) is 4.98 Å². The number of benzene rings is 1. The molecule has 1 N–H and O–H groups in total. The number of pyridine rings is 1. The van der Waals surface area contributed by atoms with E-state index in [9.17, 15) is 0 Å². The van der Waals surface area contributed by atoms with E-state index in [1.165, 1.54) is 5.56 Å². The Hall–Kier alpha value is -1.25. The van der Waals surface area contributed by atoms with Gasteiger partial charge in [-0.1, -0.05) is 29.3 Å². The third-order valence-electron chi connectivity index (χ3n) is 2.38. The zero-order valence-electron chi connectivity index (χ0n) is 9.16. The maximum Gasteiger partial charge on any atom is 0.0638 e. The Balaban J connectivity index is 1.92. The van der Waals surface area contributed by atoms with Gasteiger partial charge in [-0.3, -0.25) is 4.98 Å². The lowest BCUT2D eigenvalue weighted by molar-refractivity contribution is 1.01. The molecule has 0 amide bonds. The number of halogens is 2. The van der Waals surface area contributed by atoms with Crippen LogP contribution in [0.25, 0.3) is 0 Å². The van der Waals surface area contributed by atoms with E-state index in [2.05, 4.69) is 10.3 Å². The van der Waals surface area contributed by atoms with Crippen molar-refractivity contribution in [2.75, 3.05) is 11.9 Å². The topological polar surface area (TPSA) is 24.9 Å². The molecule has 0 fully saturated rings. The molecule has 0 spiro atoms. The molecular weight excluding hydrogens is 255 g/mol. The zero-order valence-corrected chi connectivity index (χ0v) is 10.7. The number of nitrogens with one attached hydrogen (secondary N) is 1. The summed E-state index contributed by atoms with van der Waals surface area (Å²) >= 11 is 11.9. The number of hydrogen-bond donors (Lipinski definition) is 1. The molecule has 0 radical (unpaired) electrons. The molecule has 0 aliphatic carbocycles. The molecule has 1 aromatic carbocycles. The predicted octanol–water partition coefficient (Wildman–Crippen LogP) is 4.04. The maximum absolute atomic E-state index is 6.04. The molecule has 0 saturated carbocycles. The van der Waals surface area contributed by atoms with Gasteiger partial charge in [-0.2, -0.15) is 0 Å². The van der Waals surface area contributed by atoms with E-state index in [0.29, 0.717) is 10.0 Å². The quantitative estimate of drug-likeness (QED) is 0.904. The van der Waals surface area contributed by atoms with Crippen LogP contribution in [-0.2, 0) is 6.42 Å². The van der Waals surface area contributed by atoms with Crippen molar-refractivity contribution in [2.45, 2.75) is 6.42 Å². The van der Waals surface area contributed by atoms with Gasteiger partial charge in [-0.15, -0.1) is 0 Å². The molecule has 0 saturated heterocycles. The van der Waals surface area contributed by atoms with E-state index < -0.39 is 0 Å². The average Bonchev–Trinajstić information content (AvgIpc) is 2.35. The maximum atomic E-state index is 6.04. The van der Waals surface area contributed by atoms with Crippen molar-refractivity contribution in [3.05, 3.63) is 58.3 Å². The van der Waals surface area contributed by atoms with Gasteiger partial charge < -0.3 is 5.32 Å². The second-order valence-electron chi connectivity index (χ2n) is 3.66. The van der Waals surface area contributed by atoms with Crippen LogP contribution in [0.1, 0.15) is 5.56 Å². The van der Waals surface area contributed by atoms with E-state index >= 15 is 0 Å². The monoisotopic (exact) mass is 266 g/mol. The molecule has 17 heavy (non-hydrogen) atoms. The first-order valence-corrected chi connectivity index (χ1v) is 6.09. The fourth-order valence-corrected chi connectivity index (χ4v) is 1.88. The second-order valence-corrected chi connectivity index (χ2v) is 4.51. The average molecular weight is 267 g/mol. The number of aromatic nitrogens is 1. The summed E-state index contributed by atoms with van der Waals surface area (Å²) in [5, 5.41) is 4.62. The van der Waals surface area contributed by atoms with Gasteiger partial charge in [-0.25, -0.2) is 0 Å². The zero-order chi connectivity index (χ0) is 12.1. The van der Waals surface area contributed by atoms with Crippen molar-refractivity contribution in [1.29, 1.82) is 0 Å². The Kier molecular flexibility index (Phi) is 4.24. The van der Waals surface area contributed by atoms with Crippen molar-refractivity contribution >= 4 is 28.9 Å². The smallest absolute Gasteiger partial charge is 0.0638 e. The van der Waals surface area contributed by atoms with Crippen LogP contribution in [0.5, 0.6) is 0 Å². The third kappa shape index (κ3) is 3.62. The standard InChI is InChI=1S/C13H12Cl2N2/c14-11-3-4-12(15)13(8-11)17-7-5-10-2-1-6-16-9-10/h1-4,6,8-9,17H,5,7H2. The third-order valence-corrected chi connectivity index (χ3v) is 2.95. The lowest BCUT2D eigenvalue weighted by Crippen LogP contribution is -2.05. The summed E-state index contributed by atoms with van der Waals surface area (Å²) in [6, 6.07) is 9.37. The van der Waals surface area contributed by atoms with E-state index in [4.69, 9.17) is 23.2 Å². The highest BCUT2D eigenvalue weighted by atomic mass is 35.5. The lowest BCUT2D eigenvalue weighted by Gasteiger charge is -2.08. The second kappa shape index (κ2) is 5.89. The minimum Gasteiger partial charge on any atom is -0.383 e. The Morgan fingerprint density at radius 1 is 1.18 bits per heavy atom. The molecule has 2 rings (SSSR count). The normalized spacial score (nSPS) is 10.2.